The summed E-state index contributed by atoms with van der Waals surface area (Å²) >= 11 is 0. The molecule has 7 nitrogen and oxygen atoms in total. The van der Waals surface area contributed by atoms with Gasteiger partial charge in [-0.15, -0.1) is 0 Å². The molecular formula is C13H14N4O3. The fourth-order valence-electron chi connectivity index (χ4n) is 1.85. The Kier molecular flexibility index (Phi) is 3.69. The summed E-state index contributed by atoms with van der Waals surface area (Å²) in [6.45, 7) is 0.278. The van der Waals surface area contributed by atoms with Crippen molar-refractivity contribution in [1.82, 2.24) is 9.78 Å². The number of ether oxygens (including phenoxy) is 1. The summed E-state index contributed by atoms with van der Waals surface area (Å²) in [7, 11) is 1.21. The number of methoxy groups -OCH3 is 1. The zero-order chi connectivity index (χ0) is 14.7. The first-order valence-corrected chi connectivity index (χ1v) is 5.83. The molecule has 0 unspecified atom stereocenters. The predicted molar refractivity (Wildman–Crippen MR) is 72.0 cm³/mol. The quantitative estimate of drug-likeness (QED) is 0.783. The van der Waals surface area contributed by atoms with Gasteiger partial charge in [0.1, 0.15) is 5.69 Å². The smallest absolute Gasteiger partial charge is 0.360 e. The molecule has 0 aliphatic heterocycles. The van der Waals surface area contributed by atoms with Gasteiger partial charge < -0.3 is 16.2 Å². The second-order valence-corrected chi connectivity index (χ2v) is 4.11. The second-order valence-electron chi connectivity index (χ2n) is 4.11. The lowest BCUT2D eigenvalue weighted by atomic mass is 10.2. The summed E-state index contributed by atoms with van der Waals surface area (Å²) in [5.41, 5.74) is 11.8. The highest BCUT2D eigenvalue weighted by Gasteiger charge is 2.24. The predicted octanol–water partition coefficient (Wildman–Crippen LogP) is 0.399. The molecule has 0 bridgehead atoms. The number of carbonyl (C=O) groups excluding carboxylic acids is 2. The van der Waals surface area contributed by atoms with Crippen molar-refractivity contribution in [3.05, 3.63) is 47.3 Å². The maximum atomic E-state index is 11.5. The summed E-state index contributed by atoms with van der Waals surface area (Å²) in [5.74, 6) is -1.46. The van der Waals surface area contributed by atoms with Crippen molar-refractivity contribution in [3.63, 3.8) is 0 Å². The van der Waals surface area contributed by atoms with E-state index in [1.807, 2.05) is 30.3 Å². The molecule has 1 heterocycles. The first-order valence-electron chi connectivity index (χ1n) is 5.83. The molecule has 0 fully saturated rings. The number of hydrogen-bond donors (Lipinski definition) is 2. The van der Waals surface area contributed by atoms with Crippen molar-refractivity contribution in [2.45, 2.75) is 6.54 Å². The third-order valence-corrected chi connectivity index (χ3v) is 2.78. The van der Waals surface area contributed by atoms with Gasteiger partial charge in [0, 0.05) is 0 Å². The Morgan fingerprint density at radius 2 is 1.95 bits per heavy atom. The van der Waals surface area contributed by atoms with E-state index in [1.54, 1.807) is 0 Å². The van der Waals surface area contributed by atoms with Crippen molar-refractivity contribution >= 4 is 17.6 Å². The number of nitrogen functional groups attached to an aromatic ring is 1. The molecule has 0 aliphatic rings. The number of carbonyl (C=O) groups is 2. The summed E-state index contributed by atoms with van der Waals surface area (Å²) in [5, 5.41) is 4.01. The summed E-state index contributed by atoms with van der Waals surface area (Å²) < 4.78 is 5.87. The number of anilines is 1. The number of hydrogen-bond acceptors (Lipinski definition) is 5. The lowest BCUT2D eigenvalue weighted by molar-refractivity contribution is 0.0594. The molecule has 0 saturated carbocycles. The molecule has 2 aromatic rings. The first kappa shape index (κ1) is 13.6. The van der Waals surface area contributed by atoms with Crippen LogP contribution in [0.25, 0.3) is 0 Å². The van der Waals surface area contributed by atoms with Crippen LogP contribution in [0.3, 0.4) is 0 Å². The van der Waals surface area contributed by atoms with Crippen LogP contribution in [0.2, 0.25) is 0 Å². The number of nitrogens with two attached hydrogens (primary N) is 2. The molecule has 2 rings (SSSR count). The van der Waals surface area contributed by atoms with Crippen molar-refractivity contribution in [2.24, 2.45) is 5.73 Å². The van der Waals surface area contributed by atoms with Crippen LogP contribution >= 0.6 is 0 Å². The van der Waals surface area contributed by atoms with E-state index in [2.05, 4.69) is 9.84 Å². The minimum Gasteiger partial charge on any atom is -0.464 e. The lowest BCUT2D eigenvalue weighted by Gasteiger charge is -2.05. The largest absolute Gasteiger partial charge is 0.464 e. The van der Waals surface area contributed by atoms with E-state index in [9.17, 15) is 9.59 Å². The van der Waals surface area contributed by atoms with Crippen LogP contribution in [-0.2, 0) is 11.3 Å². The van der Waals surface area contributed by atoms with E-state index in [1.165, 1.54) is 11.8 Å². The standard InChI is InChI=1S/C13H14N4O3/c1-20-13(19)10-9(14)11(12(15)18)17(16-10)7-8-5-3-2-4-6-8/h2-6H,7,14H2,1H3,(H2,15,18). The lowest BCUT2D eigenvalue weighted by Crippen LogP contribution is -2.19. The highest BCUT2D eigenvalue weighted by atomic mass is 16.5. The van der Waals surface area contributed by atoms with Gasteiger partial charge in [0.25, 0.3) is 5.91 Å². The monoisotopic (exact) mass is 274 g/mol. The second kappa shape index (κ2) is 5.43. The fourth-order valence-corrected chi connectivity index (χ4v) is 1.85. The number of primary amides is 1. The average Bonchev–Trinajstić information content (AvgIpc) is 2.76. The minimum absolute atomic E-state index is 0.00532. The maximum Gasteiger partial charge on any atom is 0.360 e. The highest BCUT2D eigenvalue weighted by molar-refractivity contribution is 6.03. The van der Waals surface area contributed by atoms with Gasteiger partial charge in [-0.1, -0.05) is 30.3 Å². The van der Waals surface area contributed by atoms with Gasteiger partial charge in [-0.25, -0.2) is 4.79 Å². The Labute approximate surface area is 115 Å². The number of aromatic nitrogens is 2. The first-order chi connectivity index (χ1) is 9.54. The van der Waals surface area contributed by atoms with Crippen LogP contribution in [0, 0.1) is 0 Å². The van der Waals surface area contributed by atoms with Crippen molar-refractivity contribution < 1.29 is 14.3 Å². The Morgan fingerprint density at radius 3 is 2.50 bits per heavy atom. The molecule has 0 aliphatic carbocycles. The van der Waals surface area contributed by atoms with Crippen molar-refractivity contribution in [2.75, 3.05) is 12.8 Å². The normalized spacial score (nSPS) is 10.2. The van der Waals surface area contributed by atoms with Gasteiger partial charge in [0.05, 0.1) is 19.3 Å². The number of rotatable bonds is 4. The Bertz CT molecular complexity index is 649. The fraction of sp³-hybridized carbons (Fsp3) is 0.154. The Morgan fingerprint density at radius 1 is 1.30 bits per heavy atom. The van der Waals surface area contributed by atoms with E-state index >= 15 is 0 Å². The molecule has 4 N–H and O–H groups in total. The van der Waals surface area contributed by atoms with E-state index < -0.39 is 11.9 Å². The summed E-state index contributed by atoms with van der Waals surface area (Å²) in [6, 6.07) is 9.30. The molecular weight excluding hydrogens is 260 g/mol. The number of benzene rings is 1. The molecule has 20 heavy (non-hydrogen) atoms. The zero-order valence-corrected chi connectivity index (χ0v) is 10.9. The SMILES string of the molecule is COC(=O)c1nn(Cc2ccccc2)c(C(N)=O)c1N. The van der Waals surface area contributed by atoms with Crippen molar-refractivity contribution in [3.8, 4) is 0 Å². The van der Waals surface area contributed by atoms with Crippen LogP contribution in [0.5, 0.6) is 0 Å². The van der Waals surface area contributed by atoms with Crippen LogP contribution in [0.4, 0.5) is 5.69 Å². The third-order valence-electron chi connectivity index (χ3n) is 2.78. The van der Waals surface area contributed by atoms with Gasteiger partial charge in [0.15, 0.2) is 5.69 Å². The van der Waals surface area contributed by atoms with Crippen LogP contribution < -0.4 is 11.5 Å². The van der Waals surface area contributed by atoms with Gasteiger partial charge in [-0.05, 0) is 5.56 Å². The molecule has 104 valence electrons. The van der Waals surface area contributed by atoms with Crippen LogP contribution in [0.15, 0.2) is 30.3 Å². The van der Waals surface area contributed by atoms with Gasteiger partial charge in [-0.2, -0.15) is 5.10 Å². The summed E-state index contributed by atoms with van der Waals surface area (Å²) in [6.07, 6.45) is 0. The van der Waals surface area contributed by atoms with E-state index in [0.717, 1.165) is 5.56 Å². The zero-order valence-electron chi connectivity index (χ0n) is 10.9. The molecule has 1 amide bonds. The van der Waals surface area contributed by atoms with Crippen molar-refractivity contribution in [1.29, 1.82) is 0 Å². The molecule has 0 saturated heterocycles. The van der Waals surface area contributed by atoms with Crippen LogP contribution in [-0.4, -0.2) is 28.8 Å². The summed E-state index contributed by atoms with van der Waals surface area (Å²) in [4.78, 5) is 23.0. The number of nitrogens with zero attached hydrogens (tertiary/aromatic N) is 2. The van der Waals surface area contributed by atoms with Crippen LogP contribution in [0.1, 0.15) is 26.5 Å². The maximum absolute atomic E-state index is 11.5. The topological polar surface area (TPSA) is 113 Å². The Hall–Kier alpha value is -2.83. The molecule has 0 spiro atoms. The van der Waals surface area contributed by atoms with Gasteiger partial charge in [0.2, 0.25) is 0 Å². The number of esters is 1. The number of amides is 1. The Balaban J connectivity index is 2.46. The molecule has 1 aromatic heterocycles. The van der Waals surface area contributed by atoms with E-state index in [0.29, 0.717) is 0 Å². The highest BCUT2D eigenvalue weighted by Crippen LogP contribution is 2.19. The average molecular weight is 274 g/mol. The minimum atomic E-state index is -0.749. The molecule has 1 aromatic carbocycles. The molecule has 0 atom stereocenters. The van der Waals surface area contributed by atoms with E-state index in [-0.39, 0.29) is 23.6 Å². The molecule has 7 heteroatoms. The van der Waals surface area contributed by atoms with Gasteiger partial charge >= 0.3 is 5.97 Å². The van der Waals surface area contributed by atoms with E-state index in [4.69, 9.17) is 11.5 Å². The third kappa shape index (κ3) is 2.46. The molecule has 0 radical (unpaired) electrons. The van der Waals surface area contributed by atoms with Gasteiger partial charge in [-0.3, -0.25) is 9.48 Å².